The minimum absolute atomic E-state index is 0.160. The van der Waals surface area contributed by atoms with Gasteiger partial charge >= 0.3 is 5.97 Å². The molecule has 1 amide bonds. The van der Waals surface area contributed by atoms with E-state index in [1.807, 2.05) is 0 Å². The summed E-state index contributed by atoms with van der Waals surface area (Å²) < 4.78 is 10.3. The Morgan fingerprint density at radius 3 is 2.06 bits per heavy atom. The van der Waals surface area contributed by atoms with Gasteiger partial charge in [-0.1, -0.05) is 0 Å². The highest BCUT2D eigenvalue weighted by Crippen LogP contribution is 2.15. The van der Waals surface area contributed by atoms with Gasteiger partial charge in [-0.15, -0.1) is 0 Å². The molecular formula is C10H15NO5. The molecule has 2 atom stereocenters. The lowest BCUT2D eigenvalue weighted by Crippen LogP contribution is -2.28. The quantitative estimate of drug-likeness (QED) is 0.658. The molecule has 1 heterocycles. The summed E-state index contributed by atoms with van der Waals surface area (Å²) in [6.07, 6.45) is 1.54. The van der Waals surface area contributed by atoms with E-state index >= 15 is 0 Å². The molecule has 0 radical (unpaired) electrons. The Bertz CT molecular complexity index is 290. The molecule has 0 spiro atoms. The molecule has 0 bridgehead atoms. The predicted octanol–water partition coefficient (Wildman–Crippen LogP) is -0.501. The number of aliphatic carboxylic acids is 1. The lowest BCUT2D eigenvalue weighted by Gasteiger charge is -2.13. The molecule has 2 unspecified atom stereocenters. The maximum Gasteiger partial charge on any atom is 0.328 e. The zero-order chi connectivity index (χ0) is 12.1. The van der Waals surface area contributed by atoms with Crippen molar-refractivity contribution in [3.05, 3.63) is 12.2 Å². The highest BCUT2D eigenvalue weighted by Gasteiger charge is 2.34. The summed E-state index contributed by atoms with van der Waals surface area (Å²) in [6, 6.07) is 0. The monoisotopic (exact) mass is 229 g/mol. The number of rotatable bonds is 4. The van der Waals surface area contributed by atoms with Crippen molar-refractivity contribution in [2.24, 2.45) is 0 Å². The highest BCUT2D eigenvalue weighted by atomic mass is 16.5. The third-order valence-corrected chi connectivity index (χ3v) is 2.50. The van der Waals surface area contributed by atoms with Crippen molar-refractivity contribution in [1.82, 2.24) is 4.90 Å². The zero-order valence-corrected chi connectivity index (χ0v) is 9.25. The van der Waals surface area contributed by atoms with Gasteiger partial charge in [-0.3, -0.25) is 4.79 Å². The molecule has 6 nitrogen and oxygen atoms in total. The van der Waals surface area contributed by atoms with Crippen molar-refractivity contribution in [2.45, 2.75) is 12.2 Å². The van der Waals surface area contributed by atoms with Crippen LogP contribution in [0.5, 0.6) is 0 Å². The first-order chi connectivity index (χ1) is 7.58. The highest BCUT2D eigenvalue weighted by molar-refractivity contribution is 5.94. The van der Waals surface area contributed by atoms with E-state index in [1.54, 1.807) is 14.2 Å². The van der Waals surface area contributed by atoms with Gasteiger partial charge < -0.3 is 19.5 Å². The fraction of sp³-hybridized carbons (Fsp3) is 0.600. The molecule has 1 rings (SSSR count). The number of carbonyl (C=O) groups is 2. The van der Waals surface area contributed by atoms with E-state index < -0.39 is 5.97 Å². The number of hydrogen-bond donors (Lipinski definition) is 1. The second kappa shape index (κ2) is 5.62. The molecule has 90 valence electrons. The van der Waals surface area contributed by atoms with Crippen LogP contribution >= 0.6 is 0 Å². The van der Waals surface area contributed by atoms with Crippen molar-refractivity contribution in [1.29, 1.82) is 0 Å². The summed E-state index contributed by atoms with van der Waals surface area (Å²) in [4.78, 5) is 23.3. The van der Waals surface area contributed by atoms with Crippen LogP contribution in [0.1, 0.15) is 0 Å². The molecule has 6 heteroatoms. The van der Waals surface area contributed by atoms with Crippen LogP contribution in [-0.2, 0) is 19.1 Å². The first-order valence-corrected chi connectivity index (χ1v) is 4.84. The Balaban J connectivity index is 2.57. The lowest BCUT2D eigenvalue weighted by molar-refractivity contribution is -0.132. The van der Waals surface area contributed by atoms with E-state index in [-0.39, 0.29) is 18.1 Å². The molecule has 0 aromatic rings. The van der Waals surface area contributed by atoms with E-state index in [2.05, 4.69) is 0 Å². The van der Waals surface area contributed by atoms with Crippen LogP contribution in [0.25, 0.3) is 0 Å². The van der Waals surface area contributed by atoms with Crippen LogP contribution in [0.15, 0.2) is 12.2 Å². The second-order valence-electron chi connectivity index (χ2n) is 3.46. The van der Waals surface area contributed by atoms with Crippen LogP contribution < -0.4 is 0 Å². The summed E-state index contributed by atoms with van der Waals surface area (Å²) in [5.41, 5.74) is 0. The summed E-state index contributed by atoms with van der Waals surface area (Å²) in [5, 5.41) is 8.39. The number of ether oxygens (including phenoxy) is 2. The number of carbonyl (C=O) groups excluding carboxylic acids is 1. The molecule has 0 aliphatic carbocycles. The smallest absolute Gasteiger partial charge is 0.328 e. The van der Waals surface area contributed by atoms with Gasteiger partial charge in [-0.05, 0) is 0 Å². The van der Waals surface area contributed by atoms with Crippen LogP contribution in [0.2, 0.25) is 0 Å². The first kappa shape index (κ1) is 12.7. The van der Waals surface area contributed by atoms with E-state index in [9.17, 15) is 9.59 Å². The van der Waals surface area contributed by atoms with Crippen LogP contribution in [0.3, 0.4) is 0 Å². The molecule has 1 N–H and O–H groups in total. The Labute approximate surface area is 93.4 Å². The minimum atomic E-state index is -1.14. The van der Waals surface area contributed by atoms with E-state index in [0.717, 1.165) is 12.2 Å². The standard InChI is InChI=1S/C10H15NO5/c1-15-7-5-11(6-8(7)16-2)9(12)3-4-10(13)14/h3-4,7-8H,5-6H2,1-2H3,(H,13,14)/b4-3+. The zero-order valence-electron chi connectivity index (χ0n) is 9.25. The number of methoxy groups -OCH3 is 2. The van der Waals surface area contributed by atoms with Gasteiger partial charge in [0.15, 0.2) is 0 Å². The molecule has 1 fully saturated rings. The van der Waals surface area contributed by atoms with Crippen LogP contribution in [0, 0.1) is 0 Å². The molecule has 16 heavy (non-hydrogen) atoms. The van der Waals surface area contributed by atoms with Crippen molar-refractivity contribution in [3.63, 3.8) is 0 Å². The lowest BCUT2D eigenvalue weighted by atomic mass is 10.3. The average molecular weight is 229 g/mol. The predicted molar refractivity (Wildman–Crippen MR) is 54.9 cm³/mol. The summed E-state index contributed by atoms with van der Waals surface area (Å²) in [6.45, 7) is 0.829. The fourth-order valence-corrected chi connectivity index (χ4v) is 1.62. The number of hydrogen-bond acceptors (Lipinski definition) is 4. The van der Waals surface area contributed by atoms with E-state index in [0.29, 0.717) is 13.1 Å². The fourth-order valence-electron chi connectivity index (χ4n) is 1.62. The Hall–Kier alpha value is -1.40. The minimum Gasteiger partial charge on any atom is -0.478 e. The number of likely N-dealkylation sites (tertiary alicyclic amines) is 1. The van der Waals surface area contributed by atoms with Gasteiger partial charge in [0.25, 0.3) is 0 Å². The topological polar surface area (TPSA) is 76.1 Å². The molecule has 0 aromatic heterocycles. The summed E-state index contributed by atoms with van der Waals surface area (Å²) >= 11 is 0. The summed E-state index contributed by atoms with van der Waals surface area (Å²) in [5.74, 6) is -1.48. The third kappa shape index (κ3) is 3.04. The van der Waals surface area contributed by atoms with Crippen molar-refractivity contribution in [2.75, 3.05) is 27.3 Å². The van der Waals surface area contributed by atoms with Crippen molar-refractivity contribution in [3.8, 4) is 0 Å². The van der Waals surface area contributed by atoms with E-state index in [4.69, 9.17) is 14.6 Å². The van der Waals surface area contributed by atoms with Gasteiger partial charge in [0, 0.05) is 39.5 Å². The molecule has 0 aromatic carbocycles. The van der Waals surface area contributed by atoms with Crippen molar-refractivity contribution >= 4 is 11.9 Å². The first-order valence-electron chi connectivity index (χ1n) is 4.84. The Kier molecular flexibility index (Phi) is 4.45. The number of amides is 1. The summed E-state index contributed by atoms with van der Waals surface area (Å²) in [7, 11) is 3.11. The Morgan fingerprint density at radius 2 is 1.69 bits per heavy atom. The number of carboxylic acids is 1. The van der Waals surface area contributed by atoms with E-state index in [1.165, 1.54) is 4.90 Å². The van der Waals surface area contributed by atoms with Gasteiger partial charge in [0.2, 0.25) is 5.91 Å². The maximum absolute atomic E-state index is 11.5. The number of nitrogens with zero attached hydrogens (tertiary/aromatic N) is 1. The SMILES string of the molecule is COC1CN(C(=O)/C=C/C(=O)O)CC1OC. The molecule has 1 saturated heterocycles. The third-order valence-electron chi connectivity index (χ3n) is 2.50. The number of carboxylic acid groups (broad SMARTS) is 1. The Morgan fingerprint density at radius 1 is 1.19 bits per heavy atom. The van der Waals surface area contributed by atoms with Crippen LogP contribution in [-0.4, -0.2) is 61.4 Å². The molecule has 1 aliphatic rings. The molecule has 0 saturated carbocycles. The van der Waals surface area contributed by atoms with Gasteiger partial charge in [-0.2, -0.15) is 0 Å². The van der Waals surface area contributed by atoms with Gasteiger partial charge in [-0.25, -0.2) is 4.79 Å². The molecular weight excluding hydrogens is 214 g/mol. The van der Waals surface area contributed by atoms with Gasteiger partial charge in [0.1, 0.15) is 12.2 Å². The second-order valence-corrected chi connectivity index (χ2v) is 3.46. The maximum atomic E-state index is 11.5. The molecule has 1 aliphatic heterocycles. The largest absolute Gasteiger partial charge is 0.478 e. The van der Waals surface area contributed by atoms with Crippen molar-refractivity contribution < 1.29 is 24.2 Å². The normalized spacial score (nSPS) is 25.2. The average Bonchev–Trinajstić information content (AvgIpc) is 2.68. The van der Waals surface area contributed by atoms with Crippen LogP contribution in [0.4, 0.5) is 0 Å². The van der Waals surface area contributed by atoms with Gasteiger partial charge in [0.05, 0.1) is 0 Å².